The Bertz CT molecular complexity index is 438. The number of nitrogens with two attached hydrogens (primary N) is 1. The molecule has 2 rings (SSSR count). The van der Waals surface area contributed by atoms with Gasteiger partial charge in [-0.05, 0) is 18.6 Å². The van der Waals surface area contributed by atoms with E-state index in [1.807, 2.05) is 19.1 Å². The fourth-order valence-corrected chi connectivity index (χ4v) is 1.47. The van der Waals surface area contributed by atoms with Gasteiger partial charge in [0, 0.05) is 11.8 Å². The molecule has 0 atom stereocenters. The molecular formula is C10H8N3. The fraction of sp³-hybridized carbons (Fsp3) is 0.100. The molecule has 63 valence electrons. The Kier molecular flexibility index (Phi) is 1.49. The van der Waals surface area contributed by atoms with E-state index in [-0.39, 0.29) is 0 Å². The molecule has 0 aromatic heterocycles. The third-order valence-corrected chi connectivity index (χ3v) is 2.13. The van der Waals surface area contributed by atoms with Crippen molar-refractivity contribution in [1.29, 1.82) is 5.26 Å². The molecule has 3 heteroatoms. The molecule has 0 saturated carbocycles. The van der Waals surface area contributed by atoms with Gasteiger partial charge in [0.25, 0.3) is 0 Å². The molecule has 1 aliphatic rings. The van der Waals surface area contributed by atoms with Crippen LogP contribution in [0, 0.1) is 18.3 Å². The molecule has 13 heavy (non-hydrogen) atoms. The molecule has 0 fully saturated rings. The molecule has 0 amide bonds. The maximum Gasteiger partial charge on any atom is 0.101 e. The topological polar surface area (TPSA) is 63.9 Å². The summed E-state index contributed by atoms with van der Waals surface area (Å²) in [7, 11) is 0. The summed E-state index contributed by atoms with van der Waals surface area (Å²) in [5, 5.41) is 12.9. The summed E-state index contributed by atoms with van der Waals surface area (Å²) in [5.41, 5.74) is 9.60. The number of nitrogens with zero attached hydrogens (tertiary/aromatic N) is 2. The number of aryl methyl sites for hydroxylation is 1. The minimum atomic E-state index is 0.597. The lowest BCUT2D eigenvalue weighted by Gasteiger charge is -2.05. The van der Waals surface area contributed by atoms with E-state index in [9.17, 15) is 0 Å². The summed E-state index contributed by atoms with van der Waals surface area (Å²) in [5.74, 6) is 0. The molecule has 0 spiro atoms. The molecular weight excluding hydrogens is 162 g/mol. The van der Waals surface area contributed by atoms with Crippen molar-refractivity contribution in [2.45, 2.75) is 6.92 Å². The first-order chi connectivity index (χ1) is 6.24. The third-order valence-electron chi connectivity index (χ3n) is 2.13. The van der Waals surface area contributed by atoms with Gasteiger partial charge in [-0.15, -0.1) is 0 Å². The van der Waals surface area contributed by atoms with Gasteiger partial charge in [-0.3, -0.25) is 5.32 Å². The Morgan fingerprint density at radius 3 is 2.92 bits per heavy atom. The van der Waals surface area contributed by atoms with E-state index in [0.717, 1.165) is 16.8 Å². The van der Waals surface area contributed by atoms with Crippen LogP contribution in [0.1, 0.15) is 11.1 Å². The van der Waals surface area contributed by atoms with Crippen LogP contribution < -0.4 is 11.1 Å². The van der Waals surface area contributed by atoms with Crippen molar-refractivity contribution < 1.29 is 0 Å². The highest BCUT2D eigenvalue weighted by Gasteiger charge is 2.19. The average molecular weight is 170 g/mol. The van der Waals surface area contributed by atoms with Crippen molar-refractivity contribution in [2.24, 2.45) is 0 Å². The highest BCUT2D eigenvalue weighted by Crippen LogP contribution is 2.36. The minimum Gasteiger partial charge on any atom is -0.397 e. The molecule has 0 aliphatic carbocycles. The largest absolute Gasteiger partial charge is 0.397 e. The van der Waals surface area contributed by atoms with Gasteiger partial charge in [-0.1, -0.05) is 6.07 Å². The first kappa shape index (κ1) is 7.69. The van der Waals surface area contributed by atoms with E-state index in [0.29, 0.717) is 11.3 Å². The Labute approximate surface area is 76.5 Å². The zero-order valence-corrected chi connectivity index (χ0v) is 7.20. The van der Waals surface area contributed by atoms with Crippen molar-refractivity contribution >= 4 is 16.9 Å². The van der Waals surface area contributed by atoms with Gasteiger partial charge in [0.1, 0.15) is 6.07 Å². The second-order valence-corrected chi connectivity index (χ2v) is 2.98. The molecule has 0 bridgehead atoms. The Morgan fingerprint density at radius 2 is 2.23 bits per heavy atom. The molecule has 0 saturated heterocycles. The summed E-state index contributed by atoms with van der Waals surface area (Å²) >= 11 is 0. The van der Waals surface area contributed by atoms with Crippen LogP contribution in [0.3, 0.4) is 0 Å². The van der Waals surface area contributed by atoms with E-state index < -0.39 is 0 Å². The monoisotopic (exact) mass is 170 g/mol. The van der Waals surface area contributed by atoms with Crippen LogP contribution in [0.2, 0.25) is 0 Å². The molecule has 1 aromatic carbocycles. The maximum absolute atomic E-state index is 8.81. The molecule has 1 aromatic rings. The number of hydrogen-bond donors (Lipinski definition) is 1. The Morgan fingerprint density at radius 1 is 1.46 bits per heavy atom. The highest BCUT2D eigenvalue weighted by atomic mass is 14.9. The van der Waals surface area contributed by atoms with Crippen molar-refractivity contribution in [1.82, 2.24) is 5.32 Å². The molecule has 1 radical (unpaired) electrons. The first-order valence-corrected chi connectivity index (χ1v) is 3.94. The van der Waals surface area contributed by atoms with Crippen molar-refractivity contribution in [3.63, 3.8) is 0 Å². The van der Waals surface area contributed by atoms with Crippen LogP contribution >= 0.6 is 0 Å². The van der Waals surface area contributed by atoms with Crippen LogP contribution in [0.15, 0.2) is 18.3 Å². The third kappa shape index (κ3) is 0.960. The van der Waals surface area contributed by atoms with Crippen LogP contribution in [-0.4, -0.2) is 0 Å². The molecule has 1 aliphatic heterocycles. The number of anilines is 1. The molecule has 0 unspecified atom stereocenters. The first-order valence-electron chi connectivity index (χ1n) is 3.94. The van der Waals surface area contributed by atoms with Gasteiger partial charge in [0.15, 0.2) is 0 Å². The standard InChI is InChI=1S/C10H8N3/c1-6-2-3-8(12)10-9(6)7(4-11)5-13-10/h2-3,5H,12H2,1H3. The highest BCUT2D eigenvalue weighted by molar-refractivity contribution is 5.92. The van der Waals surface area contributed by atoms with Gasteiger partial charge < -0.3 is 5.73 Å². The van der Waals surface area contributed by atoms with Gasteiger partial charge >= 0.3 is 0 Å². The van der Waals surface area contributed by atoms with Crippen LogP contribution in [0.25, 0.3) is 5.57 Å². The second kappa shape index (κ2) is 2.53. The zero-order chi connectivity index (χ0) is 9.42. The number of nitriles is 1. The van der Waals surface area contributed by atoms with Crippen molar-refractivity contribution in [3.05, 3.63) is 29.5 Å². The Hall–Kier alpha value is -1.95. The summed E-state index contributed by atoms with van der Waals surface area (Å²) in [6.45, 7) is 1.95. The maximum atomic E-state index is 8.81. The fourth-order valence-electron chi connectivity index (χ4n) is 1.47. The predicted octanol–water partition coefficient (Wildman–Crippen LogP) is 1.69. The lowest BCUT2D eigenvalue weighted by Crippen LogP contribution is -1.94. The number of allylic oxidation sites excluding steroid dienone is 1. The van der Waals surface area contributed by atoms with E-state index in [4.69, 9.17) is 11.0 Å². The number of benzene rings is 1. The number of hydrogen-bond acceptors (Lipinski definition) is 2. The van der Waals surface area contributed by atoms with E-state index in [1.54, 1.807) is 6.20 Å². The number of nitrogen functional groups attached to an aromatic ring is 1. The smallest absolute Gasteiger partial charge is 0.101 e. The minimum absolute atomic E-state index is 0.597. The SMILES string of the molecule is Cc1ccc(N)c2c1C(C#N)=C[N]2. The van der Waals surface area contributed by atoms with Gasteiger partial charge in [0.05, 0.1) is 16.9 Å². The van der Waals surface area contributed by atoms with E-state index >= 15 is 0 Å². The summed E-state index contributed by atoms with van der Waals surface area (Å²) in [6.07, 6.45) is 1.56. The molecule has 2 N–H and O–H groups in total. The summed E-state index contributed by atoms with van der Waals surface area (Å²) < 4.78 is 0. The quantitative estimate of drug-likeness (QED) is 0.602. The van der Waals surface area contributed by atoms with Crippen LogP contribution in [-0.2, 0) is 0 Å². The van der Waals surface area contributed by atoms with E-state index in [1.165, 1.54) is 0 Å². The van der Waals surface area contributed by atoms with E-state index in [2.05, 4.69) is 11.4 Å². The zero-order valence-electron chi connectivity index (χ0n) is 7.20. The van der Waals surface area contributed by atoms with Gasteiger partial charge in [-0.25, -0.2) is 0 Å². The molecule has 1 heterocycles. The number of fused-ring (bicyclic) bond motifs is 1. The normalized spacial score (nSPS) is 12.8. The van der Waals surface area contributed by atoms with Gasteiger partial charge in [-0.2, -0.15) is 5.26 Å². The second-order valence-electron chi connectivity index (χ2n) is 2.98. The predicted molar refractivity (Wildman–Crippen MR) is 51.0 cm³/mol. The van der Waals surface area contributed by atoms with Crippen LogP contribution in [0.4, 0.5) is 11.4 Å². The van der Waals surface area contributed by atoms with Crippen molar-refractivity contribution in [3.8, 4) is 6.07 Å². The lowest BCUT2D eigenvalue weighted by molar-refractivity contribution is 1.21. The summed E-state index contributed by atoms with van der Waals surface area (Å²) in [4.78, 5) is 0. The average Bonchev–Trinajstić information content (AvgIpc) is 2.56. The summed E-state index contributed by atoms with van der Waals surface area (Å²) in [6, 6.07) is 5.81. The number of rotatable bonds is 0. The Balaban J connectivity index is 2.71. The lowest BCUT2D eigenvalue weighted by atomic mass is 10.0. The van der Waals surface area contributed by atoms with Crippen molar-refractivity contribution in [2.75, 3.05) is 5.73 Å². The van der Waals surface area contributed by atoms with Gasteiger partial charge in [0.2, 0.25) is 0 Å². The molecule has 3 nitrogen and oxygen atoms in total. The van der Waals surface area contributed by atoms with Crippen LogP contribution in [0.5, 0.6) is 0 Å².